The molecule has 0 aromatic heterocycles. The average Bonchev–Trinajstić information content (AvgIpc) is 2.43. The molecule has 1 aromatic rings. The zero-order valence-corrected chi connectivity index (χ0v) is 11.7. The molecule has 20 heavy (non-hydrogen) atoms. The summed E-state index contributed by atoms with van der Waals surface area (Å²) in [6.07, 6.45) is 5.23. The van der Waals surface area contributed by atoms with Crippen molar-refractivity contribution in [2.45, 2.75) is 4.90 Å². The highest BCUT2D eigenvalue weighted by Crippen LogP contribution is 2.21. The van der Waals surface area contributed by atoms with Crippen molar-refractivity contribution in [1.29, 1.82) is 0 Å². The minimum atomic E-state index is -3.63. The molecule has 1 saturated heterocycles. The summed E-state index contributed by atoms with van der Waals surface area (Å²) in [6, 6.07) is 3.45. The van der Waals surface area contributed by atoms with Gasteiger partial charge in [-0.05, 0) is 18.2 Å². The minimum absolute atomic E-state index is 0.0156. The molecule has 7 heteroatoms. The number of piperazine rings is 1. The number of anilines is 1. The van der Waals surface area contributed by atoms with Gasteiger partial charge in [0, 0.05) is 26.2 Å². The molecule has 2 rings (SSSR count). The summed E-state index contributed by atoms with van der Waals surface area (Å²) in [5, 5.41) is 0. The second kappa shape index (κ2) is 5.79. The average molecular weight is 297 g/mol. The van der Waals surface area contributed by atoms with E-state index in [0.29, 0.717) is 32.7 Å². The number of nitrogens with zero attached hydrogens (tertiary/aromatic N) is 2. The number of benzene rings is 1. The fourth-order valence-electron chi connectivity index (χ4n) is 2.09. The van der Waals surface area contributed by atoms with Crippen LogP contribution in [-0.2, 0) is 10.0 Å². The van der Waals surface area contributed by atoms with Crippen molar-refractivity contribution in [2.75, 3.05) is 38.5 Å². The highest BCUT2D eigenvalue weighted by molar-refractivity contribution is 7.89. The summed E-state index contributed by atoms with van der Waals surface area (Å²) in [5.74, 6) is 1.91. The van der Waals surface area contributed by atoms with Gasteiger partial charge in [-0.1, -0.05) is 5.92 Å². The van der Waals surface area contributed by atoms with Crippen molar-refractivity contribution in [2.24, 2.45) is 0 Å². The van der Waals surface area contributed by atoms with Crippen LogP contribution in [0.2, 0.25) is 0 Å². The van der Waals surface area contributed by atoms with E-state index in [4.69, 9.17) is 12.2 Å². The number of rotatable bonds is 3. The summed E-state index contributed by atoms with van der Waals surface area (Å²) in [6.45, 7) is 2.40. The number of hydrogen-bond acceptors (Lipinski definition) is 4. The van der Waals surface area contributed by atoms with E-state index in [1.807, 2.05) is 4.90 Å². The van der Waals surface area contributed by atoms with Gasteiger partial charge >= 0.3 is 0 Å². The topological polar surface area (TPSA) is 66.6 Å². The fourth-order valence-corrected chi connectivity index (χ4v) is 3.55. The second-order valence-electron chi connectivity index (χ2n) is 4.57. The van der Waals surface area contributed by atoms with Crippen LogP contribution >= 0.6 is 0 Å². The molecule has 2 N–H and O–H groups in total. The maximum absolute atomic E-state index is 13.1. The molecule has 1 aromatic carbocycles. The molecule has 0 radical (unpaired) electrons. The van der Waals surface area contributed by atoms with Crippen molar-refractivity contribution in [3.63, 3.8) is 0 Å². The molecule has 1 heterocycles. The van der Waals surface area contributed by atoms with Gasteiger partial charge in [-0.2, -0.15) is 4.31 Å². The Bertz CT molecular complexity index is 632. The Morgan fingerprint density at radius 2 is 1.95 bits per heavy atom. The lowest BCUT2D eigenvalue weighted by atomic mass is 10.3. The molecule has 108 valence electrons. The molecule has 0 atom stereocenters. The summed E-state index contributed by atoms with van der Waals surface area (Å²) >= 11 is 0. The monoisotopic (exact) mass is 297 g/mol. The lowest BCUT2D eigenvalue weighted by molar-refractivity contribution is 0.207. The zero-order valence-electron chi connectivity index (χ0n) is 10.9. The highest BCUT2D eigenvalue weighted by atomic mass is 32.2. The van der Waals surface area contributed by atoms with E-state index in [9.17, 15) is 12.8 Å². The first kappa shape index (κ1) is 14.8. The van der Waals surface area contributed by atoms with Crippen LogP contribution in [0.1, 0.15) is 0 Å². The maximum atomic E-state index is 13.1. The van der Waals surface area contributed by atoms with E-state index in [2.05, 4.69) is 5.92 Å². The van der Waals surface area contributed by atoms with Crippen molar-refractivity contribution < 1.29 is 12.8 Å². The predicted molar refractivity (Wildman–Crippen MR) is 74.8 cm³/mol. The summed E-state index contributed by atoms with van der Waals surface area (Å²) < 4.78 is 39.3. The molecule has 0 saturated carbocycles. The van der Waals surface area contributed by atoms with E-state index in [1.54, 1.807) is 0 Å². The largest absolute Gasteiger partial charge is 0.396 e. The smallest absolute Gasteiger partial charge is 0.243 e. The first-order valence-electron chi connectivity index (χ1n) is 6.16. The van der Waals surface area contributed by atoms with Gasteiger partial charge in [-0.25, -0.2) is 12.8 Å². The molecule has 0 spiro atoms. The first-order chi connectivity index (χ1) is 9.45. The highest BCUT2D eigenvalue weighted by Gasteiger charge is 2.28. The van der Waals surface area contributed by atoms with E-state index in [-0.39, 0.29) is 10.6 Å². The van der Waals surface area contributed by atoms with E-state index < -0.39 is 15.8 Å². The van der Waals surface area contributed by atoms with Crippen LogP contribution in [0.25, 0.3) is 0 Å². The predicted octanol–water partition coefficient (Wildman–Crippen LogP) is 0.347. The molecule has 1 aliphatic heterocycles. The Balaban J connectivity index is 2.16. The van der Waals surface area contributed by atoms with Gasteiger partial charge < -0.3 is 5.73 Å². The molecule has 0 aliphatic carbocycles. The lowest BCUT2D eigenvalue weighted by Crippen LogP contribution is -2.48. The van der Waals surface area contributed by atoms with Crippen LogP contribution in [0.5, 0.6) is 0 Å². The van der Waals surface area contributed by atoms with Crippen molar-refractivity contribution in [3.05, 3.63) is 24.0 Å². The van der Waals surface area contributed by atoms with Crippen LogP contribution in [0.4, 0.5) is 10.1 Å². The van der Waals surface area contributed by atoms with Gasteiger partial charge in [0.1, 0.15) is 5.82 Å². The molecule has 1 aliphatic rings. The molecule has 0 unspecified atom stereocenters. The van der Waals surface area contributed by atoms with Crippen molar-refractivity contribution in [1.82, 2.24) is 9.21 Å². The third-order valence-corrected chi connectivity index (χ3v) is 5.15. The Morgan fingerprint density at radius 3 is 2.50 bits per heavy atom. The summed E-state index contributed by atoms with van der Waals surface area (Å²) in [7, 11) is -3.63. The minimum Gasteiger partial charge on any atom is -0.396 e. The number of sulfonamides is 1. The van der Waals surface area contributed by atoms with Crippen LogP contribution in [-0.4, -0.2) is 50.3 Å². The Hall–Kier alpha value is -1.62. The number of hydrogen-bond donors (Lipinski definition) is 1. The molecule has 5 nitrogen and oxygen atoms in total. The zero-order chi connectivity index (χ0) is 14.8. The van der Waals surface area contributed by atoms with Gasteiger partial charge in [-0.15, -0.1) is 6.42 Å². The molecular formula is C13H16FN3O2S. The number of terminal acetylenes is 1. The van der Waals surface area contributed by atoms with Gasteiger partial charge in [0.2, 0.25) is 10.0 Å². The first-order valence-corrected chi connectivity index (χ1v) is 7.60. The summed E-state index contributed by atoms with van der Waals surface area (Å²) in [4.78, 5) is 2.02. The number of halogens is 1. The molecule has 0 bridgehead atoms. The molecule has 0 amide bonds. The summed E-state index contributed by atoms with van der Waals surface area (Å²) in [5.41, 5.74) is 5.25. The Kier molecular flexibility index (Phi) is 4.28. The van der Waals surface area contributed by atoms with Crippen LogP contribution in [0.3, 0.4) is 0 Å². The Labute approximate surface area is 118 Å². The maximum Gasteiger partial charge on any atom is 0.243 e. The normalized spacial score (nSPS) is 17.8. The molecule has 1 fully saturated rings. The number of nitrogen functional groups attached to an aromatic ring is 1. The van der Waals surface area contributed by atoms with Crippen LogP contribution in [0, 0.1) is 18.2 Å². The third kappa shape index (κ3) is 2.93. The van der Waals surface area contributed by atoms with Crippen LogP contribution < -0.4 is 5.73 Å². The second-order valence-corrected chi connectivity index (χ2v) is 6.51. The van der Waals surface area contributed by atoms with E-state index in [1.165, 1.54) is 10.4 Å². The number of nitrogens with two attached hydrogens (primary N) is 1. The van der Waals surface area contributed by atoms with E-state index >= 15 is 0 Å². The van der Waals surface area contributed by atoms with Gasteiger partial charge in [0.25, 0.3) is 0 Å². The fraction of sp³-hybridized carbons (Fsp3) is 0.385. The van der Waals surface area contributed by atoms with Gasteiger partial charge in [-0.3, -0.25) is 4.90 Å². The van der Waals surface area contributed by atoms with Gasteiger partial charge in [0.15, 0.2) is 0 Å². The van der Waals surface area contributed by atoms with E-state index in [0.717, 1.165) is 12.1 Å². The molecular weight excluding hydrogens is 281 g/mol. The van der Waals surface area contributed by atoms with Crippen molar-refractivity contribution >= 4 is 15.7 Å². The van der Waals surface area contributed by atoms with Crippen molar-refractivity contribution in [3.8, 4) is 12.3 Å². The quantitative estimate of drug-likeness (QED) is 0.646. The Morgan fingerprint density at radius 1 is 1.30 bits per heavy atom. The lowest BCUT2D eigenvalue weighted by Gasteiger charge is -2.32. The third-order valence-electron chi connectivity index (χ3n) is 3.25. The van der Waals surface area contributed by atoms with Crippen LogP contribution in [0.15, 0.2) is 23.1 Å². The van der Waals surface area contributed by atoms with Gasteiger partial charge in [0.05, 0.1) is 17.1 Å². The SMILES string of the molecule is C#CCN1CCN(S(=O)(=O)c2ccc(F)c(N)c2)CC1. The standard InChI is InChI=1S/C13H16FN3O2S/c1-2-5-16-6-8-17(9-7-16)20(18,19)11-3-4-12(14)13(15)10-11/h1,3-4,10H,5-9,15H2.